The molecular formula is C34H38N4O4S. The van der Waals surface area contributed by atoms with Crippen molar-refractivity contribution in [1.29, 1.82) is 0 Å². The number of anilines is 1. The van der Waals surface area contributed by atoms with Crippen LogP contribution in [0.2, 0.25) is 0 Å². The molecule has 1 atom stereocenters. The number of nitrogens with two attached hydrogens (primary N) is 1. The zero-order valence-corrected chi connectivity index (χ0v) is 25.7. The Balaban J connectivity index is 1.22. The SMILES string of the molecule is CC(C)(C)OC(=O)N1CCCCC1CCNC(=O)/C=C/c1cnc(N)c2c(-c3ccc(Oc4ccccc4)cc3)csc12. The summed E-state index contributed by atoms with van der Waals surface area (Å²) in [6.45, 7) is 6.77. The third-order valence-corrected chi connectivity index (χ3v) is 8.27. The molecule has 1 fully saturated rings. The van der Waals surface area contributed by atoms with E-state index in [0.717, 1.165) is 57.5 Å². The summed E-state index contributed by atoms with van der Waals surface area (Å²) in [5, 5.41) is 5.89. The second-order valence-electron chi connectivity index (χ2n) is 11.6. The molecule has 3 N–H and O–H groups in total. The van der Waals surface area contributed by atoms with Gasteiger partial charge in [0.1, 0.15) is 22.9 Å². The number of carbonyl (C=O) groups is 2. The van der Waals surface area contributed by atoms with E-state index in [2.05, 4.69) is 15.7 Å². The van der Waals surface area contributed by atoms with Gasteiger partial charge < -0.3 is 25.4 Å². The van der Waals surface area contributed by atoms with Crippen molar-refractivity contribution in [2.24, 2.45) is 0 Å². The van der Waals surface area contributed by atoms with Gasteiger partial charge in [0.25, 0.3) is 0 Å². The Hall–Kier alpha value is -4.37. The lowest BCUT2D eigenvalue weighted by molar-refractivity contribution is -0.116. The molecule has 3 heterocycles. The highest BCUT2D eigenvalue weighted by molar-refractivity contribution is 7.18. The summed E-state index contributed by atoms with van der Waals surface area (Å²) < 4.78 is 12.5. The molecule has 0 radical (unpaired) electrons. The topological polar surface area (TPSA) is 107 Å². The van der Waals surface area contributed by atoms with Gasteiger partial charge in [0, 0.05) is 52.6 Å². The fourth-order valence-corrected chi connectivity index (χ4v) is 6.27. The summed E-state index contributed by atoms with van der Waals surface area (Å²) in [4.78, 5) is 31.6. The molecule has 0 bridgehead atoms. The van der Waals surface area contributed by atoms with Crippen LogP contribution >= 0.6 is 11.3 Å². The smallest absolute Gasteiger partial charge is 0.410 e. The predicted octanol–water partition coefficient (Wildman–Crippen LogP) is 7.65. The average Bonchev–Trinajstić information content (AvgIpc) is 3.44. The van der Waals surface area contributed by atoms with Crippen molar-refractivity contribution in [2.75, 3.05) is 18.8 Å². The summed E-state index contributed by atoms with van der Waals surface area (Å²) in [7, 11) is 0. The van der Waals surface area contributed by atoms with Gasteiger partial charge in [-0.2, -0.15) is 0 Å². The number of nitrogens with zero attached hydrogens (tertiary/aromatic N) is 2. The summed E-state index contributed by atoms with van der Waals surface area (Å²) in [5.74, 6) is 1.77. The molecule has 8 nitrogen and oxygen atoms in total. The number of amides is 2. The number of piperidine rings is 1. The number of ether oxygens (including phenoxy) is 2. The molecular weight excluding hydrogens is 560 g/mol. The minimum absolute atomic E-state index is 0.0531. The molecule has 1 saturated heterocycles. The van der Waals surface area contributed by atoms with Crippen LogP contribution in [0.25, 0.3) is 27.3 Å². The van der Waals surface area contributed by atoms with Gasteiger partial charge in [0.2, 0.25) is 5.91 Å². The first kappa shape index (κ1) is 30.1. The highest BCUT2D eigenvalue weighted by Crippen LogP contribution is 2.39. The number of thiophene rings is 1. The highest BCUT2D eigenvalue weighted by atomic mass is 32.1. The minimum atomic E-state index is -0.536. The largest absolute Gasteiger partial charge is 0.457 e. The normalized spacial score (nSPS) is 15.5. The second kappa shape index (κ2) is 13.3. The number of benzene rings is 2. The Morgan fingerprint density at radius 2 is 1.84 bits per heavy atom. The van der Waals surface area contributed by atoms with E-state index >= 15 is 0 Å². The van der Waals surface area contributed by atoms with Crippen molar-refractivity contribution in [3.8, 4) is 22.6 Å². The number of carbonyl (C=O) groups excluding carboxylic acids is 2. The van der Waals surface area contributed by atoms with E-state index in [4.69, 9.17) is 15.2 Å². The quantitative estimate of drug-likeness (QED) is 0.202. The van der Waals surface area contributed by atoms with Crippen molar-refractivity contribution < 1.29 is 19.1 Å². The lowest BCUT2D eigenvalue weighted by Gasteiger charge is -2.36. The number of fused-ring (bicyclic) bond motifs is 1. The van der Waals surface area contributed by atoms with Crippen LogP contribution in [0.5, 0.6) is 11.5 Å². The number of rotatable bonds is 8. The lowest BCUT2D eigenvalue weighted by Crippen LogP contribution is -2.47. The number of likely N-dealkylation sites (tertiary alicyclic amines) is 1. The zero-order valence-electron chi connectivity index (χ0n) is 24.8. The van der Waals surface area contributed by atoms with E-state index in [1.54, 1.807) is 23.6 Å². The molecule has 9 heteroatoms. The highest BCUT2D eigenvalue weighted by Gasteiger charge is 2.30. The number of hydrogen-bond donors (Lipinski definition) is 2. The maximum atomic E-state index is 12.7. The molecule has 0 spiro atoms. The van der Waals surface area contributed by atoms with Gasteiger partial charge in [-0.25, -0.2) is 9.78 Å². The standard InChI is InChI=1S/C34H38N4O4S/c1-34(2,3)42-33(40)38-20-8-7-9-25(38)18-19-36-29(39)17-14-24-21-37-32(35)30-28(22-43-31(24)30)23-12-15-27(16-13-23)41-26-10-5-4-6-11-26/h4-6,10-17,21-22,25H,7-9,18-20H2,1-3H3,(H2,35,37)(H,36,39)/b17-14+. The van der Waals surface area contributed by atoms with Crippen molar-refractivity contribution in [2.45, 2.75) is 58.1 Å². The van der Waals surface area contributed by atoms with Crippen LogP contribution in [0.4, 0.5) is 10.6 Å². The third-order valence-electron chi connectivity index (χ3n) is 7.24. The Kier molecular flexibility index (Phi) is 9.31. The maximum Gasteiger partial charge on any atom is 0.410 e. The molecule has 0 aliphatic carbocycles. The first-order chi connectivity index (χ1) is 20.7. The molecule has 1 aliphatic heterocycles. The van der Waals surface area contributed by atoms with Crippen LogP contribution in [0.15, 0.2) is 72.3 Å². The summed E-state index contributed by atoms with van der Waals surface area (Å²) in [6.07, 6.45) is 8.32. The molecule has 0 saturated carbocycles. The van der Waals surface area contributed by atoms with Gasteiger partial charge in [-0.3, -0.25) is 4.79 Å². The number of pyridine rings is 1. The summed E-state index contributed by atoms with van der Waals surface area (Å²) in [6, 6.07) is 17.6. The third kappa shape index (κ3) is 7.73. The Bertz CT molecular complexity index is 1590. The van der Waals surface area contributed by atoms with E-state index in [1.165, 1.54) is 6.08 Å². The van der Waals surface area contributed by atoms with Crippen LogP contribution < -0.4 is 15.8 Å². The van der Waals surface area contributed by atoms with E-state index in [-0.39, 0.29) is 18.0 Å². The molecule has 1 aliphatic rings. The second-order valence-corrected chi connectivity index (χ2v) is 12.5. The van der Waals surface area contributed by atoms with Crippen LogP contribution in [0.1, 0.15) is 52.0 Å². The van der Waals surface area contributed by atoms with E-state index in [9.17, 15) is 9.59 Å². The van der Waals surface area contributed by atoms with E-state index < -0.39 is 5.60 Å². The van der Waals surface area contributed by atoms with Gasteiger partial charge in [-0.1, -0.05) is 30.3 Å². The van der Waals surface area contributed by atoms with Crippen molar-refractivity contribution in [3.63, 3.8) is 0 Å². The monoisotopic (exact) mass is 598 g/mol. The van der Waals surface area contributed by atoms with Gasteiger partial charge in [-0.15, -0.1) is 11.3 Å². The summed E-state index contributed by atoms with van der Waals surface area (Å²) in [5.41, 5.74) is 8.60. The number of para-hydroxylation sites is 1. The molecule has 224 valence electrons. The maximum absolute atomic E-state index is 12.7. The van der Waals surface area contributed by atoms with Gasteiger partial charge in [0.15, 0.2) is 0 Å². The molecule has 2 amide bonds. The van der Waals surface area contributed by atoms with Crippen LogP contribution in [-0.2, 0) is 9.53 Å². The minimum Gasteiger partial charge on any atom is -0.457 e. The first-order valence-corrected chi connectivity index (χ1v) is 15.5. The summed E-state index contributed by atoms with van der Waals surface area (Å²) >= 11 is 1.57. The van der Waals surface area contributed by atoms with Crippen LogP contribution in [0.3, 0.4) is 0 Å². The van der Waals surface area contributed by atoms with E-state index in [0.29, 0.717) is 25.3 Å². The molecule has 43 heavy (non-hydrogen) atoms. The lowest BCUT2D eigenvalue weighted by atomic mass is 10.00. The van der Waals surface area contributed by atoms with Crippen molar-refractivity contribution >= 4 is 45.3 Å². The molecule has 1 unspecified atom stereocenters. The van der Waals surface area contributed by atoms with Crippen LogP contribution in [0, 0.1) is 0 Å². The average molecular weight is 599 g/mol. The molecule has 4 aromatic rings. The fourth-order valence-electron chi connectivity index (χ4n) is 5.19. The fraction of sp³-hybridized carbons (Fsp3) is 0.324. The van der Waals surface area contributed by atoms with Gasteiger partial charge in [-0.05, 0) is 87.7 Å². The Labute approximate surface area is 256 Å². The Morgan fingerprint density at radius 3 is 2.58 bits per heavy atom. The molecule has 2 aromatic carbocycles. The van der Waals surface area contributed by atoms with Gasteiger partial charge >= 0.3 is 6.09 Å². The van der Waals surface area contributed by atoms with Crippen molar-refractivity contribution in [3.05, 3.63) is 77.8 Å². The van der Waals surface area contributed by atoms with E-state index in [1.807, 2.05) is 80.3 Å². The molecule has 5 rings (SSSR count). The Morgan fingerprint density at radius 1 is 1.09 bits per heavy atom. The van der Waals surface area contributed by atoms with Gasteiger partial charge in [0.05, 0.1) is 0 Å². The van der Waals surface area contributed by atoms with Crippen LogP contribution in [-0.4, -0.2) is 46.6 Å². The number of nitrogens with one attached hydrogen (secondary N) is 1. The number of hydrogen-bond acceptors (Lipinski definition) is 7. The molecule has 2 aromatic heterocycles. The zero-order chi connectivity index (χ0) is 30.4. The number of aromatic nitrogens is 1. The first-order valence-electron chi connectivity index (χ1n) is 14.6. The number of nitrogen functional groups attached to an aromatic ring is 1. The van der Waals surface area contributed by atoms with Crippen molar-refractivity contribution in [1.82, 2.24) is 15.2 Å². The predicted molar refractivity (Wildman–Crippen MR) is 173 cm³/mol.